The maximum atomic E-state index is 12.7. The number of phenolic OH excluding ortho intramolecular Hbond substituents is 2. The zero-order chi connectivity index (χ0) is 22.9. The van der Waals surface area contributed by atoms with E-state index < -0.39 is 13.9 Å². The van der Waals surface area contributed by atoms with Gasteiger partial charge in [-0.05, 0) is 57.3 Å². The quantitative estimate of drug-likeness (QED) is 0.472. The van der Waals surface area contributed by atoms with Crippen LogP contribution in [0.2, 0.25) is 18.1 Å². The number of amides is 1. The topological polar surface area (TPSA) is 79.2 Å². The van der Waals surface area contributed by atoms with Crippen molar-refractivity contribution in [2.75, 3.05) is 19.7 Å². The largest absolute Gasteiger partial charge is 0.504 e. The van der Waals surface area contributed by atoms with Crippen LogP contribution in [-0.2, 0) is 9.16 Å². The van der Waals surface area contributed by atoms with Gasteiger partial charge >= 0.3 is 6.09 Å². The molecule has 7 heteroatoms. The molecule has 30 heavy (non-hydrogen) atoms. The molecule has 0 bridgehead atoms. The van der Waals surface area contributed by atoms with E-state index in [1.54, 1.807) is 11.0 Å². The standard InChI is InChI=1S/C23H39NO5Si/c1-22(2,3)29-21(27)24-14-16(12-13-28-30(7,8)23(4,5)6)18(15-24)17-10-9-11-19(25)20(17)26/h9-11,16,18,25-26H,12-15H2,1-8H3/t16-,18-/m1/s1. The van der Waals surface area contributed by atoms with E-state index >= 15 is 0 Å². The number of rotatable bonds is 5. The Kier molecular flexibility index (Phi) is 7.19. The molecule has 1 aromatic carbocycles. The number of likely N-dealkylation sites (tertiary alicyclic amines) is 1. The van der Waals surface area contributed by atoms with Crippen molar-refractivity contribution in [3.63, 3.8) is 0 Å². The molecular weight excluding hydrogens is 398 g/mol. The minimum absolute atomic E-state index is 0.0902. The number of benzene rings is 1. The van der Waals surface area contributed by atoms with Crippen molar-refractivity contribution in [3.05, 3.63) is 23.8 Å². The fourth-order valence-corrected chi connectivity index (χ4v) is 4.58. The van der Waals surface area contributed by atoms with Gasteiger partial charge in [0.25, 0.3) is 0 Å². The van der Waals surface area contributed by atoms with Crippen LogP contribution in [0.5, 0.6) is 11.5 Å². The lowest BCUT2D eigenvalue weighted by atomic mass is 9.86. The zero-order valence-electron chi connectivity index (χ0n) is 19.8. The second-order valence-corrected chi connectivity index (χ2v) is 15.7. The summed E-state index contributed by atoms with van der Waals surface area (Å²) in [6.45, 7) is 18.2. The van der Waals surface area contributed by atoms with Crippen molar-refractivity contribution < 1.29 is 24.2 Å². The van der Waals surface area contributed by atoms with Gasteiger partial charge in [0.1, 0.15) is 5.60 Å². The number of hydrogen-bond donors (Lipinski definition) is 2. The molecule has 1 aliphatic rings. The Morgan fingerprint density at radius 1 is 1.13 bits per heavy atom. The summed E-state index contributed by atoms with van der Waals surface area (Å²) in [5, 5.41) is 20.5. The van der Waals surface area contributed by atoms with E-state index in [0.717, 1.165) is 6.42 Å². The Hall–Kier alpha value is -1.73. The van der Waals surface area contributed by atoms with Crippen LogP contribution >= 0.6 is 0 Å². The predicted molar refractivity (Wildman–Crippen MR) is 122 cm³/mol. The monoisotopic (exact) mass is 437 g/mol. The molecule has 2 rings (SSSR count). The van der Waals surface area contributed by atoms with Gasteiger partial charge in [-0.25, -0.2) is 4.79 Å². The minimum atomic E-state index is -1.86. The first-order valence-corrected chi connectivity index (χ1v) is 13.7. The van der Waals surface area contributed by atoms with Crippen molar-refractivity contribution in [3.8, 4) is 11.5 Å². The van der Waals surface area contributed by atoms with Gasteiger partial charge in [0, 0.05) is 31.2 Å². The maximum absolute atomic E-state index is 12.7. The van der Waals surface area contributed by atoms with E-state index in [0.29, 0.717) is 25.3 Å². The van der Waals surface area contributed by atoms with Gasteiger partial charge in [-0.15, -0.1) is 0 Å². The van der Waals surface area contributed by atoms with Gasteiger partial charge in [-0.2, -0.15) is 0 Å². The predicted octanol–water partition coefficient (Wildman–Crippen LogP) is 5.46. The molecule has 2 N–H and O–H groups in total. The van der Waals surface area contributed by atoms with Crippen LogP contribution in [0, 0.1) is 5.92 Å². The highest BCUT2D eigenvalue weighted by atomic mass is 28.4. The molecule has 1 fully saturated rings. The summed E-state index contributed by atoms with van der Waals surface area (Å²) in [7, 11) is -1.86. The lowest BCUT2D eigenvalue weighted by Gasteiger charge is -2.36. The van der Waals surface area contributed by atoms with Crippen LogP contribution in [0.15, 0.2) is 18.2 Å². The van der Waals surface area contributed by atoms with E-state index in [9.17, 15) is 15.0 Å². The van der Waals surface area contributed by atoms with E-state index in [2.05, 4.69) is 33.9 Å². The van der Waals surface area contributed by atoms with E-state index in [1.807, 2.05) is 26.8 Å². The van der Waals surface area contributed by atoms with Crippen LogP contribution in [0.4, 0.5) is 4.79 Å². The number of carbonyl (C=O) groups excluding carboxylic acids is 1. The van der Waals surface area contributed by atoms with Gasteiger partial charge in [0.2, 0.25) is 0 Å². The summed E-state index contributed by atoms with van der Waals surface area (Å²) in [5.41, 5.74) is 0.0990. The first-order chi connectivity index (χ1) is 13.6. The fraction of sp³-hybridized carbons (Fsp3) is 0.696. The first kappa shape index (κ1) is 24.5. The number of phenols is 2. The lowest BCUT2D eigenvalue weighted by Crippen LogP contribution is -2.41. The molecule has 1 aromatic rings. The second kappa shape index (κ2) is 8.79. The molecule has 0 aliphatic carbocycles. The average molecular weight is 438 g/mol. The summed E-state index contributed by atoms with van der Waals surface area (Å²) in [6.07, 6.45) is 0.422. The van der Waals surface area contributed by atoms with Gasteiger partial charge in [0.15, 0.2) is 19.8 Å². The van der Waals surface area contributed by atoms with E-state index in [1.165, 1.54) is 6.07 Å². The van der Waals surface area contributed by atoms with Crippen LogP contribution in [0.3, 0.4) is 0 Å². The Morgan fingerprint density at radius 3 is 2.33 bits per heavy atom. The molecule has 2 atom stereocenters. The van der Waals surface area contributed by atoms with Crippen molar-refractivity contribution in [1.29, 1.82) is 0 Å². The molecule has 0 aromatic heterocycles. The van der Waals surface area contributed by atoms with Crippen LogP contribution in [-0.4, -0.2) is 54.8 Å². The molecular formula is C23H39NO5Si. The normalized spacial score (nSPS) is 20.5. The molecule has 0 spiro atoms. The molecule has 170 valence electrons. The maximum Gasteiger partial charge on any atom is 0.410 e. The van der Waals surface area contributed by atoms with Crippen molar-refractivity contribution in [2.45, 2.75) is 77.6 Å². The Labute approximate surface area is 182 Å². The van der Waals surface area contributed by atoms with E-state index in [4.69, 9.17) is 9.16 Å². The van der Waals surface area contributed by atoms with Crippen molar-refractivity contribution in [1.82, 2.24) is 4.90 Å². The summed E-state index contributed by atoms with van der Waals surface area (Å²) in [5.74, 6) is -0.231. The first-order valence-electron chi connectivity index (χ1n) is 10.7. The third-order valence-corrected chi connectivity index (χ3v) is 10.8. The minimum Gasteiger partial charge on any atom is -0.504 e. The molecule has 0 radical (unpaired) electrons. The smallest absolute Gasteiger partial charge is 0.410 e. The Balaban J connectivity index is 2.19. The average Bonchev–Trinajstić information content (AvgIpc) is 2.99. The molecule has 0 saturated carbocycles. The van der Waals surface area contributed by atoms with Crippen molar-refractivity contribution >= 4 is 14.4 Å². The van der Waals surface area contributed by atoms with Gasteiger partial charge in [-0.3, -0.25) is 0 Å². The highest BCUT2D eigenvalue weighted by Crippen LogP contribution is 2.43. The fourth-order valence-electron chi connectivity index (χ4n) is 3.52. The summed E-state index contributed by atoms with van der Waals surface area (Å²) in [4.78, 5) is 14.4. The second-order valence-electron chi connectivity index (χ2n) is 10.9. The third kappa shape index (κ3) is 5.91. The lowest BCUT2D eigenvalue weighted by molar-refractivity contribution is 0.0285. The molecule has 1 aliphatic heterocycles. The summed E-state index contributed by atoms with van der Waals surface area (Å²) >= 11 is 0. The summed E-state index contributed by atoms with van der Waals surface area (Å²) in [6, 6.07) is 5.01. The van der Waals surface area contributed by atoms with Crippen LogP contribution in [0.25, 0.3) is 0 Å². The molecule has 1 amide bonds. The number of ether oxygens (including phenoxy) is 1. The highest BCUT2D eigenvalue weighted by Gasteiger charge is 2.41. The molecule has 1 saturated heterocycles. The number of nitrogens with zero attached hydrogens (tertiary/aromatic N) is 1. The zero-order valence-corrected chi connectivity index (χ0v) is 20.8. The molecule has 6 nitrogen and oxygen atoms in total. The third-order valence-electron chi connectivity index (χ3n) is 6.30. The van der Waals surface area contributed by atoms with E-state index in [-0.39, 0.29) is 34.5 Å². The highest BCUT2D eigenvalue weighted by molar-refractivity contribution is 6.74. The SMILES string of the molecule is CC(C)(C)OC(=O)N1C[C@@H](CCO[Si](C)(C)C(C)(C)C)[C@H](c2cccc(O)c2O)C1. The number of para-hydroxylation sites is 1. The van der Waals surface area contributed by atoms with Gasteiger partial charge in [-0.1, -0.05) is 32.9 Å². The summed E-state index contributed by atoms with van der Waals surface area (Å²) < 4.78 is 11.9. The number of aromatic hydroxyl groups is 2. The Morgan fingerprint density at radius 2 is 1.77 bits per heavy atom. The Bertz CT molecular complexity index is 751. The number of carbonyl (C=O) groups is 1. The van der Waals surface area contributed by atoms with Crippen LogP contribution in [0.1, 0.15) is 59.4 Å². The van der Waals surface area contributed by atoms with Crippen molar-refractivity contribution in [2.24, 2.45) is 5.92 Å². The molecule has 0 unspecified atom stereocenters. The number of hydrogen-bond acceptors (Lipinski definition) is 5. The van der Waals surface area contributed by atoms with Crippen LogP contribution < -0.4 is 0 Å². The van der Waals surface area contributed by atoms with Gasteiger partial charge in [0.05, 0.1) is 0 Å². The molecule has 1 heterocycles. The van der Waals surface area contributed by atoms with Gasteiger partial charge < -0.3 is 24.3 Å².